The van der Waals surface area contributed by atoms with Crippen molar-refractivity contribution in [3.8, 4) is 0 Å². The first-order chi connectivity index (χ1) is 14.0. The van der Waals surface area contributed by atoms with Crippen molar-refractivity contribution in [3.05, 3.63) is 57.5 Å². The Morgan fingerprint density at radius 2 is 2.03 bits per heavy atom. The highest BCUT2D eigenvalue weighted by Gasteiger charge is 2.28. The van der Waals surface area contributed by atoms with Crippen molar-refractivity contribution >= 4 is 5.91 Å². The van der Waals surface area contributed by atoms with Crippen molar-refractivity contribution in [1.82, 2.24) is 24.8 Å². The number of rotatable bonds is 7. The SMILES string of the molecule is CCN1CCC(N(CCc2ccccn2)C(=O)Cc2c(C)nc(C)[nH]c2=O)CC1. The number of aromatic nitrogens is 3. The van der Waals surface area contributed by atoms with Gasteiger partial charge in [-0.2, -0.15) is 0 Å². The number of amides is 1. The fourth-order valence-electron chi connectivity index (χ4n) is 4.05. The minimum Gasteiger partial charge on any atom is -0.339 e. The highest BCUT2D eigenvalue weighted by molar-refractivity contribution is 5.79. The molecule has 7 heteroatoms. The summed E-state index contributed by atoms with van der Waals surface area (Å²) in [5.74, 6) is 0.567. The summed E-state index contributed by atoms with van der Waals surface area (Å²) in [6.45, 7) is 9.37. The third kappa shape index (κ3) is 5.50. The summed E-state index contributed by atoms with van der Waals surface area (Å²) < 4.78 is 0. The number of pyridine rings is 1. The van der Waals surface area contributed by atoms with Crippen LogP contribution in [-0.4, -0.2) is 62.9 Å². The summed E-state index contributed by atoms with van der Waals surface area (Å²) in [4.78, 5) is 41.5. The maximum atomic E-state index is 13.3. The fourth-order valence-corrected chi connectivity index (χ4v) is 4.05. The lowest BCUT2D eigenvalue weighted by molar-refractivity contribution is -0.133. The number of aryl methyl sites for hydroxylation is 2. The number of nitrogens with zero attached hydrogens (tertiary/aromatic N) is 4. The van der Waals surface area contributed by atoms with Crippen molar-refractivity contribution in [3.63, 3.8) is 0 Å². The van der Waals surface area contributed by atoms with Crippen molar-refractivity contribution in [2.75, 3.05) is 26.2 Å². The van der Waals surface area contributed by atoms with E-state index in [1.165, 1.54) is 0 Å². The monoisotopic (exact) mass is 397 g/mol. The van der Waals surface area contributed by atoms with E-state index < -0.39 is 0 Å². The van der Waals surface area contributed by atoms with Crippen LogP contribution in [0.1, 0.15) is 42.5 Å². The van der Waals surface area contributed by atoms with Crippen molar-refractivity contribution < 1.29 is 4.79 Å². The molecular weight excluding hydrogens is 366 g/mol. The molecule has 29 heavy (non-hydrogen) atoms. The number of carbonyl (C=O) groups excluding carboxylic acids is 1. The molecule has 1 N–H and O–H groups in total. The molecule has 1 aliphatic heterocycles. The molecule has 0 radical (unpaired) electrons. The molecule has 1 fully saturated rings. The van der Waals surface area contributed by atoms with E-state index in [-0.39, 0.29) is 23.9 Å². The minimum atomic E-state index is -0.214. The van der Waals surface area contributed by atoms with Gasteiger partial charge in [0.05, 0.1) is 6.42 Å². The van der Waals surface area contributed by atoms with Gasteiger partial charge in [-0.25, -0.2) is 4.98 Å². The number of nitrogens with one attached hydrogen (secondary N) is 1. The molecule has 0 aliphatic carbocycles. The Balaban J connectivity index is 1.76. The third-order valence-corrected chi connectivity index (χ3v) is 5.77. The molecule has 2 aromatic heterocycles. The molecule has 0 bridgehead atoms. The van der Waals surface area contributed by atoms with Crippen molar-refractivity contribution in [2.45, 2.75) is 52.5 Å². The van der Waals surface area contributed by atoms with E-state index in [1.807, 2.05) is 23.1 Å². The van der Waals surface area contributed by atoms with Crippen LogP contribution in [-0.2, 0) is 17.6 Å². The Morgan fingerprint density at radius 1 is 1.28 bits per heavy atom. The molecule has 7 nitrogen and oxygen atoms in total. The summed E-state index contributed by atoms with van der Waals surface area (Å²) in [6.07, 6.45) is 4.50. The second-order valence-electron chi connectivity index (χ2n) is 7.72. The average Bonchev–Trinajstić information content (AvgIpc) is 2.72. The molecule has 0 spiro atoms. The molecule has 3 heterocycles. The van der Waals surface area contributed by atoms with Crippen LogP contribution in [0.5, 0.6) is 0 Å². The van der Waals surface area contributed by atoms with Gasteiger partial charge in [-0.1, -0.05) is 13.0 Å². The summed E-state index contributed by atoms with van der Waals surface area (Å²) in [5.41, 5.74) is 1.86. The summed E-state index contributed by atoms with van der Waals surface area (Å²) in [6, 6.07) is 6.05. The molecule has 3 rings (SSSR count). The Kier molecular flexibility index (Phi) is 7.14. The van der Waals surface area contributed by atoms with Crippen LogP contribution in [0, 0.1) is 13.8 Å². The predicted octanol–water partition coefficient (Wildman–Crippen LogP) is 1.88. The number of aromatic amines is 1. The van der Waals surface area contributed by atoms with Gasteiger partial charge in [-0.05, 0) is 45.4 Å². The summed E-state index contributed by atoms with van der Waals surface area (Å²) >= 11 is 0. The van der Waals surface area contributed by atoms with Gasteiger partial charge in [0.15, 0.2) is 0 Å². The predicted molar refractivity (Wildman–Crippen MR) is 113 cm³/mol. The van der Waals surface area contributed by atoms with Gasteiger partial charge in [-0.15, -0.1) is 0 Å². The second kappa shape index (κ2) is 9.78. The highest BCUT2D eigenvalue weighted by atomic mass is 16.2. The van der Waals surface area contributed by atoms with Gasteiger partial charge in [0, 0.05) is 55.2 Å². The van der Waals surface area contributed by atoms with Gasteiger partial charge >= 0.3 is 0 Å². The zero-order valence-corrected chi connectivity index (χ0v) is 17.6. The Hall–Kier alpha value is -2.54. The highest BCUT2D eigenvalue weighted by Crippen LogP contribution is 2.18. The summed E-state index contributed by atoms with van der Waals surface area (Å²) in [7, 11) is 0. The Bertz CT molecular complexity index is 873. The minimum absolute atomic E-state index is 0.00451. The third-order valence-electron chi connectivity index (χ3n) is 5.77. The summed E-state index contributed by atoms with van der Waals surface area (Å²) in [5, 5.41) is 0. The van der Waals surface area contributed by atoms with Gasteiger partial charge < -0.3 is 14.8 Å². The zero-order valence-electron chi connectivity index (χ0n) is 17.6. The first-order valence-corrected chi connectivity index (χ1v) is 10.5. The van der Waals surface area contributed by atoms with Crippen LogP contribution >= 0.6 is 0 Å². The van der Waals surface area contributed by atoms with Crippen molar-refractivity contribution in [1.29, 1.82) is 0 Å². The van der Waals surface area contributed by atoms with Crippen LogP contribution in [0.4, 0.5) is 0 Å². The maximum Gasteiger partial charge on any atom is 0.254 e. The van der Waals surface area contributed by atoms with E-state index in [9.17, 15) is 9.59 Å². The molecule has 0 atom stereocenters. The molecule has 1 saturated heterocycles. The average molecular weight is 398 g/mol. The van der Waals surface area contributed by atoms with Gasteiger partial charge in [0.2, 0.25) is 5.91 Å². The number of H-pyrrole nitrogens is 1. The quantitative estimate of drug-likeness (QED) is 0.771. The molecule has 156 valence electrons. The standard InChI is InChI=1S/C22H31N5O2/c1-4-26-12-9-19(10-13-26)27(14-8-18-7-5-6-11-23-18)21(28)15-20-16(2)24-17(3)25-22(20)29/h5-7,11,19H,4,8-10,12-15H2,1-3H3,(H,24,25,29). The first kappa shape index (κ1) is 21.2. The topological polar surface area (TPSA) is 82.2 Å². The van der Waals surface area contributed by atoms with Crippen LogP contribution in [0.2, 0.25) is 0 Å². The lowest BCUT2D eigenvalue weighted by Crippen LogP contribution is -2.49. The van der Waals surface area contributed by atoms with Crippen LogP contribution in [0.3, 0.4) is 0 Å². The molecule has 0 unspecified atom stereocenters. The smallest absolute Gasteiger partial charge is 0.254 e. The Morgan fingerprint density at radius 3 is 2.66 bits per heavy atom. The van der Waals surface area contributed by atoms with Crippen LogP contribution < -0.4 is 5.56 Å². The maximum absolute atomic E-state index is 13.3. The molecular formula is C22H31N5O2. The molecule has 2 aromatic rings. The molecule has 0 saturated carbocycles. The number of carbonyl (C=O) groups is 1. The molecule has 0 aromatic carbocycles. The van der Waals surface area contributed by atoms with Crippen LogP contribution in [0.25, 0.3) is 0 Å². The molecule has 1 aliphatic rings. The van der Waals surface area contributed by atoms with E-state index in [0.29, 0.717) is 30.0 Å². The van der Waals surface area contributed by atoms with Crippen molar-refractivity contribution in [2.24, 2.45) is 0 Å². The van der Waals surface area contributed by atoms with E-state index in [2.05, 4.69) is 26.8 Å². The fraction of sp³-hybridized carbons (Fsp3) is 0.545. The van der Waals surface area contributed by atoms with Gasteiger partial charge in [-0.3, -0.25) is 14.6 Å². The lowest BCUT2D eigenvalue weighted by Gasteiger charge is -2.38. The zero-order chi connectivity index (χ0) is 20.8. The number of piperidine rings is 1. The van der Waals surface area contributed by atoms with Crippen LogP contribution in [0.15, 0.2) is 29.2 Å². The van der Waals surface area contributed by atoms with E-state index in [1.54, 1.807) is 20.0 Å². The first-order valence-electron chi connectivity index (χ1n) is 10.5. The molecule has 1 amide bonds. The van der Waals surface area contributed by atoms with E-state index in [0.717, 1.165) is 38.2 Å². The number of hydrogen-bond donors (Lipinski definition) is 1. The van der Waals surface area contributed by atoms with E-state index in [4.69, 9.17) is 0 Å². The normalized spacial score (nSPS) is 15.4. The lowest BCUT2D eigenvalue weighted by atomic mass is 10.0. The van der Waals surface area contributed by atoms with E-state index >= 15 is 0 Å². The largest absolute Gasteiger partial charge is 0.339 e. The number of hydrogen-bond acceptors (Lipinski definition) is 5. The van der Waals surface area contributed by atoms with Gasteiger partial charge in [0.1, 0.15) is 5.82 Å². The second-order valence-corrected chi connectivity index (χ2v) is 7.72. The number of likely N-dealkylation sites (tertiary alicyclic amines) is 1. The Labute approximate surface area is 172 Å². The van der Waals surface area contributed by atoms with Gasteiger partial charge in [0.25, 0.3) is 5.56 Å².